The van der Waals surface area contributed by atoms with Crippen LogP contribution in [-0.2, 0) is 32.8 Å². The molecular formula is C33H29ClN4O2S. The Balaban J connectivity index is 1.45. The molecule has 3 aromatic carbocycles. The molecular weight excluding hydrogens is 552 g/mol. The van der Waals surface area contributed by atoms with Gasteiger partial charge >= 0.3 is 0 Å². The highest BCUT2D eigenvalue weighted by Crippen LogP contribution is 2.39. The fourth-order valence-corrected chi connectivity index (χ4v) is 6.22. The quantitative estimate of drug-likeness (QED) is 0.224. The van der Waals surface area contributed by atoms with Crippen molar-refractivity contribution in [2.75, 3.05) is 0 Å². The van der Waals surface area contributed by atoms with E-state index in [4.69, 9.17) is 11.6 Å². The number of fused-ring (bicyclic) bond motifs is 1. The third-order valence-corrected chi connectivity index (χ3v) is 8.68. The van der Waals surface area contributed by atoms with E-state index in [9.17, 15) is 9.90 Å². The van der Waals surface area contributed by atoms with Gasteiger partial charge in [-0.3, -0.25) is 4.79 Å². The fraction of sp³-hybridized carbons (Fsp3) is 0.152. The van der Waals surface area contributed by atoms with E-state index in [0.717, 1.165) is 46.2 Å². The number of benzene rings is 3. The molecule has 0 radical (unpaired) electrons. The van der Waals surface area contributed by atoms with E-state index in [1.165, 1.54) is 4.88 Å². The number of hydrogen-bond acceptors (Lipinski definition) is 5. The first kappa shape index (κ1) is 27.2. The van der Waals surface area contributed by atoms with E-state index in [-0.39, 0.29) is 5.56 Å². The zero-order valence-electron chi connectivity index (χ0n) is 22.7. The highest BCUT2D eigenvalue weighted by Gasteiger charge is 2.37. The van der Waals surface area contributed by atoms with Crippen LogP contribution in [0.15, 0.2) is 108 Å². The molecule has 8 heteroatoms. The topological polar surface area (TPSA) is 72.1 Å². The summed E-state index contributed by atoms with van der Waals surface area (Å²) >= 11 is 8.05. The molecule has 6 aromatic rings. The molecule has 0 aliphatic heterocycles. The third-order valence-electron chi connectivity index (χ3n) is 7.57. The fourth-order valence-electron chi connectivity index (χ4n) is 5.36. The summed E-state index contributed by atoms with van der Waals surface area (Å²) in [6.45, 7) is 1.53. The van der Waals surface area contributed by atoms with Crippen molar-refractivity contribution in [1.29, 1.82) is 0 Å². The smallest absolute Gasteiger partial charge is 0.251 e. The zero-order chi connectivity index (χ0) is 28.6. The van der Waals surface area contributed by atoms with Gasteiger partial charge in [-0.05, 0) is 63.5 Å². The molecule has 6 rings (SSSR count). The number of rotatable bonds is 8. The van der Waals surface area contributed by atoms with Crippen LogP contribution in [0.3, 0.4) is 0 Å². The molecule has 0 bridgehead atoms. The lowest BCUT2D eigenvalue weighted by Gasteiger charge is -2.30. The van der Waals surface area contributed by atoms with Gasteiger partial charge in [-0.25, -0.2) is 4.98 Å². The number of aryl methyl sites for hydroxylation is 2. The van der Waals surface area contributed by atoms with E-state index >= 15 is 0 Å². The summed E-state index contributed by atoms with van der Waals surface area (Å²) in [7, 11) is 3.63. The monoisotopic (exact) mass is 580 g/mol. The van der Waals surface area contributed by atoms with Crippen molar-refractivity contribution in [3.8, 4) is 11.1 Å². The minimum Gasteiger partial charge on any atom is -0.374 e. The standard InChI is InChI=1S/C33H29ClN4O2S/c1-37-21-36-20-31(37)33(40,24-10-8-22(9-11-24)18-35-19-27-7-4-14-41-27)25-12-13-30-29(16-25)28(17-32(39)38(30)2)23-5-3-6-26(34)15-23/h3-17,20-21,35,40H,18-19H2,1-2H3. The van der Waals surface area contributed by atoms with E-state index in [2.05, 4.69) is 27.8 Å². The number of aromatic nitrogens is 3. The highest BCUT2D eigenvalue weighted by molar-refractivity contribution is 7.09. The van der Waals surface area contributed by atoms with Crippen LogP contribution in [0.4, 0.5) is 0 Å². The van der Waals surface area contributed by atoms with Crippen LogP contribution in [0, 0.1) is 0 Å². The minimum atomic E-state index is -1.50. The number of imidazole rings is 1. The maximum Gasteiger partial charge on any atom is 0.251 e. The first-order chi connectivity index (χ1) is 19.8. The molecule has 0 spiro atoms. The SMILES string of the molecule is Cn1cncc1C(O)(c1ccc(CNCc2cccs2)cc1)c1ccc2c(c1)c(-c1cccc(Cl)c1)cc(=O)n2C. The molecule has 1 unspecified atom stereocenters. The van der Waals surface area contributed by atoms with Crippen LogP contribution in [0.5, 0.6) is 0 Å². The Hall–Kier alpha value is -4.01. The maximum atomic E-state index is 12.9. The van der Waals surface area contributed by atoms with Gasteiger partial charge in [0.15, 0.2) is 5.60 Å². The van der Waals surface area contributed by atoms with Crippen molar-refractivity contribution >= 4 is 33.8 Å². The molecule has 206 valence electrons. The molecule has 0 saturated heterocycles. The van der Waals surface area contributed by atoms with Gasteiger partial charge in [0.2, 0.25) is 0 Å². The molecule has 2 N–H and O–H groups in total. The van der Waals surface area contributed by atoms with Gasteiger partial charge in [0.25, 0.3) is 5.56 Å². The van der Waals surface area contributed by atoms with E-state index in [1.807, 2.05) is 78.3 Å². The van der Waals surface area contributed by atoms with E-state index in [0.29, 0.717) is 16.3 Å². The van der Waals surface area contributed by atoms with Crippen LogP contribution in [0.1, 0.15) is 27.3 Å². The number of pyridine rings is 1. The van der Waals surface area contributed by atoms with Gasteiger partial charge in [0, 0.05) is 48.5 Å². The van der Waals surface area contributed by atoms with Gasteiger partial charge in [-0.2, -0.15) is 0 Å². The van der Waals surface area contributed by atoms with Crippen molar-refractivity contribution in [2.45, 2.75) is 18.7 Å². The number of aliphatic hydroxyl groups is 1. The summed E-state index contributed by atoms with van der Waals surface area (Å²) in [4.78, 5) is 18.5. The average Bonchev–Trinajstić information content (AvgIpc) is 3.67. The Bertz CT molecular complexity index is 1890. The van der Waals surface area contributed by atoms with E-state index in [1.54, 1.807) is 41.5 Å². The van der Waals surface area contributed by atoms with Crippen molar-refractivity contribution < 1.29 is 5.11 Å². The second-order valence-corrected chi connectivity index (χ2v) is 11.6. The van der Waals surface area contributed by atoms with Gasteiger partial charge in [0.1, 0.15) is 0 Å². The number of hydrogen-bond donors (Lipinski definition) is 2. The second kappa shape index (κ2) is 11.1. The second-order valence-electron chi connectivity index (χ2n) is 10.2. The zero-order valence-corrected chi connectivity index (χ0v) is 24.3. The molecule has 3 heterocycles. The number of nitrogens with one attached hydrogen (secondary N) is 1. The molecule has 0 aliphatic rings. The molecule has 0 aliphatic carbocycles. The van der Waals surface area contributed by atoms with Crippen molar-refractivity contribution in [1.82, 2.24) is 19.4 Å². The highest BCUT2D eigenvalue weighted by atomic mass is 35.5. The molecule has 6 nitrogen and oxygen atoms in total. The summed E-state index contributed by atoms with van der Waals surface area (Å²) in [5.74, 6) is 0. The van der Waals surface area contributed by atoms with E-state index < -0.39 is 5.60 Å². The van der Waals surface area contributed by atoms with Gasteiger partial charge in [-0.1, -0.05) is 60.1 Å². The number of thiophene rings is 1. The molecule has 3 aromatic heterocycles. The Morgan fingerprint density at radius 2 is 1.76 bits per heavy atom. The van der Waals surface area contributed by atoms with Crippen LogP contribution < -0.4 is 10.9 Å². The molecule has 0 amide bonds. The van der Waals surface area contributed by atoms with Crippen LogP contribution in [0.25, 0.3) is 22.0 Å². The third kappa shape index (κ3) is 5.13. The lowest BCUT2D eigenvalue weighted by molar-refractivity contribution is 0.117. The van der Waals surface area contributed by atoms with Gasteiger partial charge in [-0.15, -0.1) is 11.3 Å². The lowest BCUT2D eigenvalue weighted by atomic mass is 9.82. The average molecular weight is 581 g/mol. The number of nitrogens with zero attached hydrogens (tertiary/aromatic N) is 3. The van der Waals surface area contributed by atoms with Crippen molar-refractivity contribution in [3.05, 3.63) is 145 Å². The van der Waals surface area contributed by atoms with Crippen molar-refractivity contribution in [2.24, 2.45) is 14.1 Å². The largest absolute Gasteiger partial charge is 0.374 e. The summed E-state index contributed by atoms with van der Waals surface area (Å²) in [6, 6.07) is 27.0. The molecule has 41 heavy (non-hydrogen) atoms. The Kier molecular flexibility index (Phi) is 7.36. The Morgan fingerprint density at radius 1 is 0.951 bits per heavy atom. The van der Waals surface area contributed by atoms with Crippen molar-refractivity contribution in [3.63, 3.8) is 0 Å². The normalized spacial score (nSPS) is 13.0. The maximum absolute atomic E-state index is 12.9. The predicted octanol–water partition coefficient (Wildman–Crippen LogP) is 6.23. The molecule has 0 fully saturated rings. The molecule has 1 atom stereocenters. The summed E-state index contributed by atoms with van der Waals surface area (Å²) < 4.78 is 3.45. The van der Waals surface area contributed by atoms with Gasteiger partial charge in [0.05, 0.1) is 23.7 Å². The Labute approximate surface area is 247 Å². The predicted molar refractivity (Wildman–Crippen MR) is 166 cm³/mol. The van der Waals surface area contributed by atoms with Crippen LogP contribution >= 0.6 is 22.9 Å². The minimum absolute atomic E-state index is 0.120. The van der Waals surface area contributed by atoms with Crippen LogP contribution in [-0.4, -0.2) is 19.2 Å². The van der Waals surface area contributed by atoms with Crippen LogP contribution in [0.2, 0.25) is 5.02 Å². The summed E-state index contributed by atoms with van der Waals surface area (Å²) in [5, 5.41) is 19.6. The first-order valence-electron chi connectivity index (χ1n) is 13.3. The summed E-state index contributed by atoms with van der Waals surface area (Å²) in [6.07, 6.45) is 3.38. The Morgan fingerprint density at radius 3 is 2.46 bits per heavy atom. The lowest BCUT2D eigenvalue weighted by Crippen LogP contribution is -2.31. The summed E-state index contributed by atoms with van der Waals surface area (Å²) in [5.41, 5.74) is 3.87. The van der Waals surface area contributed by atoms with Gasteiger partial charge < -0.3 is 19.6 Å². The molecule has 0 saturated carbocycles. The number of halogens is 1. The first-order valence-corrected chi connectivity index (χ1v) is 14.5.